The first-order valence-electron chi connectivity index (χ1n) is 6.98. The number of hydrogen-bond donors (Lipinski definition) is 1. The van der Waals surface area contributed by atoms with Crippen LogP contribution in [0.15, 0.2) is 24.3 Å². The third-order valence-electron chi connectivity index (χ3n) is 3.02. The van der Waals surface area contributed by atoms with Gasteiger partial charge in [-0.15, -0.1) is 0 Å². The number of ether oxygens (including phenoxy) is 2. The van der Waals surface area contributed by atoms with Crippen molar-refractivity contribution in [2.75, 3.05) is 39.5 Å². The topological polar surface area (TPSA) is 59.0 Å². The third kappa shape index (κ3) is 5.10. The molecule has 1 heterocycles. The van der Waals surface area contributed by atoms with E-state index < -0.39 is 0 Å². The van der Waals surface area contributed by atoms with Crippen LogP contribution >= 0.6 is 0 Å². The molecule has 5 heteroatoms. The van der Waals surface area contributed by atoms with Gasteiger partial charge in [0.15, 0.2) is 0 Å². The molecule has 2 rings (SSSR count). The summed E-state index contributed by atoms with van der Waals surface area (Å²) in [6, 6.07) is 7.48. The second-order valence-corrected chi connectivity index (χ2v) is 4.59. The molecule has 0 spiro atoms. The lowest BCUT2D eigenvalue weighted by atomic mass is 10.2. The lowest BCUT2D eigenvalue weighted by Gasteiger charge is -2.26. The molecule has 0 aromatic heterocycles. The first kappa shape index (κ1) is 15.4. The van der Waals surface area contributed by atoms with E-state index in [-0.39, 0.29) is 19.1 Å². The van der Waals surface area contributed by atoms with Crippen LogP contribution in [0.5, 0.6) is 5.75 Å². The fraction of sp³-hybridized carbons (Fsp3) is 0.438. The molecule has 0 saturated carbocycles. The van der Waals surface area contributed by atoms with Gasteiger partial charge in [-0.2, -0.15) is 0 Å². The maximum Gasteiger partial charge on any atom is 0.248 e. The second kappa shape index (κ2) is 8.30. The van der Waals surface area contributed by atoms with Gasteiger partial charge in [-0.1, -0.05) is 17.9 Å². The molecule has 1 amide bonds. The van der Waals surface area contributed by atoms with Crippen LogP contribution in [0.25, 0.3) is 0 Å². The van der Waals surface area contributed by atoms with Crippen molar-refractivity contribution in [2.45, 2.75) is 6.42 Å². The number of aliphatic hydroxyl groups excluding tert-OH is 1. The van der Waals surface area contributed by atoms with Gasteiger partial charge in [0.1, 0.15) is 19.0 Å². The van der Waals surface area contributed by atoms with Crippen LogP contribution in [-0.4, -0.2) is 55.4 Å². The van der Waals surface area contributed by atoms with Crippen molar-refractivity contribution in [3.05, 3.63) is 29.8 Å². The highest BCUT2D eigenvalue weighted by atomic mass is 16.5. The Kier molecular flexibility index (Phi) is 6.07. The summed E-state index contributed by atoms with van der Waals surface area (Å²) in [5, 5.41) is 8.69. The summed E-state index contributed by atoms with van der Waals surface area (Å²) in [5.74, 6) is 6.57. The number of amides is 1. The zero-order chi connectivity index (χ0) is 14.9. The Hall–Kier alpha value is -2.03. The van der Waals surface area contributed by atoms with Crippen molar-refractivity contribution in [1.82, 2.24) is 4.90 Å². The van der Waals surface area contributed by atoms with Gasteiger partial charge in [0.25, 0.3) is 0 Å². The molecule has 1 aliphatic heterocycles. The van der Waals surface area contributed by atoms with Crippen LogP contribution in [0.3, 0.4) is 0 Å². The molecular formula is C16H19NO4. The number of hydrogen-bond acceptors (Lipinski definition) is 4. The van der Waals surface area contributed by atoms with Crippen LogP contribution < -0.4 is 4.74 Å². The molecule has 1 aromatic rings. The van der Waals surface area contributed by atoms with Gasteiger partial charge < -0.3 is 19.5 Å². The number of morpholine rings is 1. The fourth-order valence-corrected chi connectivity index (χ4v) is 1.94. The molecule has 1 fully saturated rings. The van der Waals surface area contributed by atoms with E-state index in [1.807, 2.05) is 24.3 Å². The van der Waals surface area contributed by atoms with Crippen molar-refractivity contribution >= 4 is 5.91 Å². The Bertz CT molecular complexity index is 533. The standard InChI is InChI=1S/C16H19NO4/c18-9-2-1-4-14-5-3-6-15(12-14)21-11-8-17-7-10-20-13-16(17)19/h3,5-6,12,18H,2,7-11,13H2. The lowest BCUT2D eigenvalue weighted by Crippen LogP contribution is -2.43. The summed E-state index contributed by atoms with van der Waals surface area (Å²) < 4.78 is 10.7. The normalized spacial score (nSPS) is 14.5. The maximum absolute atomic E-state index is 11.5. The summed E-state index contributed by atoms with van der Waals surface area (Å²) in [6.07, 6.45) is 0.463. The molecule has 1 saturated heterocycles. The molecule has 0 atom stereocenters. The highest BCUT2D eigenvalue weighted by Crippen LogP contribution is 2.12. The Labute approximate surface area is 124 Å². The molecule has 0 bridgehead atoms. The maximum atomic E-state index is 11.5. The molecule has 21 heavy (non-hydrogen) atoms. The number of benzene rings is 1. The monoisotopic (exact) mass is 289 g/mol. The van der Waals surface area contributed by atoms with E-state index in [1.165, 1.54) is 0 Å². The van der Waals surface area contributed by atoms with Crippen LogP contribution in [0.4, 0.5) is 0 Å². The van der Waals surface area contributed by atoms with Gasteiger partial charge in [-0.3, -0.25) is 4.79 Å². The van der Waals surface area contributed by atoms with E-state index >= 15 is 0 Å². The Morgan fingerprint density at radius 1 is 1.43 bits per heavy atom. The first-order valence-corrected chi connectivity index (χ1v) is 6.98. The third-order valence-corrected chi connectivity index (χ3v) is 3.02. The largest absolute Gasteiger partial charge is 0.492 e. The number of rotatable bonds is 5. The Morgan fingerprint density at radius 2 is 2.33 bits per heavy atom. The summed E-state index contributed by atoms with van der Waals surface area (Å²) in [5.41, 5.74) is 0.850. The molecule has 1 aromatic carbocycles. The molecule has 1 aliphatic rings. The van der Waals surface area contributed by atoms with E-state index in [1.54, 1.807) is 4.90 Å². The minimum Gasteiger partial charge on any atom is -0.492 e. The van der Waals surface area contributed by atoms with E-state index in [2.05, 4.69) is 11.8 Å². The minimum absolute atomic E-state index is 0.00784. The fourth-order valence-electron chi connectivity index (χ4n) is 1.94. The summed E-state index contributed by atoms with van der Waals surface area (Å²) in [4.78, 5) is 13.3. The molecule has 5 nitrogen and oxygen atoms in total. The molecule has 0 aliphatic carbocycles. The predicted molar refractivity (Wildman–Crippen MR) is 77.9 cm³/mol. The quantitative estimate of drug-likeness (QED) is 0.809. The lowest BCUT2D eigenvalue weighted by molar-refractivity contribution is -0.143. The van der Waals surface area contributed by atoms with Crippen molar-refractivity contribution in [3.63, 3.8) is 0 Å². The van der Waals surface area contributed by atoms with Gasteiger partial charge in [-0.05, 0) is 18.2 Å². The second-order valence-electron chi connectivity index (χ2n) is 4.59. The highest BCUT2D eigenvalue weighted by Gasteiger charge is 2.17. The van der Waals surface area contributed by atoms with Crippen LogP contribution in [0, 0.1) is 11.8 Å². The smallest absolute Gasteiger partial charge is 0.248 e. The van der Waals surface area contributed by atoms with Crippen LogP contribution in [0.2, 0.25) is 0 Å². The van der Waals surface area contributed by atoms with E-state index in [0.717, 1.165) is 11.3 Å². The van der Waals surface area contributed by atoms with Gasteiger partial charge >= 0.3 is 0 Å². The Balaban J connectivity index is 1.81. The van der Waals surface area contributed by atoms with Crippen LogP contribution in [-0.2, 0) is 9.53 Å². The van der Waals surface area contributed by atoms with Crippen molar-refractivity contribution < 1.29 is 19.4 Å². The number of aliphatic hydroxyl groups is 1. The first-order chi connectivity index (χ1) is 10.3. The van der Waals surface area contributed by atoms with E-state index in [9.17, 15) is 4.79 Å². The molecule has 1 N–H and O–H groups in total. The van der Waals surface area contributed by atoms with E-state index in [4.69, 9.17) is 14.6 Å². The van der Waals surface area contributed by atoms with Crippen molar-refractivity contribution in [2.24, 2.45) is 0 Å². The number of carbonyl (C=O) groups is 1. The zero-order valence-corrected chi connectivity index (χ0v) is 11.9. The molecule has 112 valence electrons. The van der Waals surface area contributed by atoms with Gasteiger partial charge in [0.2, 0.25) is 5.91 Å². The Morgan fingerprint density at radius 3 is 3.14 bits per heavy atom. The number of nitrogens with zero attached hydrogens (tertiary/aromatic N) is 1. The summed E-state index contributed by atoms with van der Waals surface area (Å²) >= 11 is 0. The van der Waals surface area contributed by atoms with E-state index in [0.29, 0.717) is 32.7 Å². The molecule has 0 unspecified atom stereocenters. The van der Waals surface area contributed by atoms with Gasteiger partial charge in [0, 0.05) is 18.5 Å². The number of carbonyl (C=O) groups excluding carboxylic acids is 1. The summed E-state index contributed by atoms with van der Waals surface area (Å²) in [6.45, 7) is 2.44. The zero-order valence-electron chi connectivity index (χ0n) is 11.9. The predicted octanol–water partition coefficient (Wildman–Crippen LogP) is 0.658. The molecule has 0 radical (unpaired) electrons. The van der Waals surface area contributed by atoms with Gasteiger partial charge in [-0.25, -0.2) is 0 Å². The minimum atomic E-state index is 0.00784. The van der Waals surface area contributed by atoms with Crippen LogP contribution in [0.1, 0.15) is 12.0 Å². The molecular weight excluding hydrogens is 270 g/mol. The van der Waals surface area contributed by atoms with Crippen molar-refractivity contribution in [3.8, 4) is 17.6 Å². The SMILES string of the molecule is O=C1COCCN1CCOc1cccc(C#CCCO)c1. The highest BCUT2D eigenvalue weighted by molar-refractivity contribution is 5.77. The average molecular weight is 289 g/mol. The summed E-state index contributed by atoms with van der Waals surface area (Å²) in [7, 11) is 0. The van der Waals surface area contributed by atoms with Crippen molar-refractivity contribution in [1.29, 1.82) is 0 Å². The van der Waals surface area contributed by atoms with Gasteiger partial charge in [0.05, 0.1) is 19.8 Å². The average Bonchev–Trinajstić information content (AvgIpc) is 2.50.